The minimum atomic E-state index is 0.691. The zero-order valence-corrected chi connectivity index (χ0v) is 11.4. The van der Waals surface area contributed by atoms with Crippen LogP contribution in [-0.2, 0) is 24.1 Å². The molecule has 0 amide bonds. The first-order valence-corrected chi connectivity index (χ1v) is 7.19. The van der Waals surface area contributed by atoms with E-state index < -0.39 is 0 Å². The summed E-state index contributed by atoms with van der Waals surface area (Å²) in [5.74, 6) is 0.978. The summed E-state index contributed by atoms with van der Waals surface area (Å²) in [6.07, 6.45) is 6.88. The van der Waals surface area contributed by atoms with Crippen molar-refractivity contribution >= 4 is 11.3 Å². The van der Waals surface area contributed by atoms with Gasteiger partial charge in [0.15, 0.2) is 5.82 Å². The Kier molecular flexibility index (Phi) is 3.43. The van der Waals surface area contributed by atoms with Crippen molar-refractivity contribution in [3.63, 3.8) is 0 Å². The molecule has 18 heavy (non-hydrogen) atoms. The summed E-state index contributed by atoms with van der Waals surface area (Å²) in [6, 6.07) is 2.30. The molecule has 0 unspecified atom stereocenters. The number of aromatic nitrogens is 3. The Balaban J connectivity index is 1.89. The number of hydrogen-bond donors (Lipinski definition) is 0. The van der Waals surface area contributed by atoms with Crippen LogP contribution in [0.25, 0.3) is 10.7 Å². The molecule has 5 heteroatoms. The molecule has 0 fully saturated rings. The molecular weight excluding hydrogens is 246 g/mol. The minimum absolute atomic E-state index is 0.691. The summed E-state index contributed by atoms with van der Waals surface area (Å²) in [7, 11) is 1.72. The molecule has 96 valence electrons. The van der Waals surface area contributed by atoms with Gasteiger partial charge in [-0.25, -0.2) is 0 Å². The van der Waals surface area contributed by atoms with Crippen molar-refractivity contribution in [1.29, 1.82) is 0 Å². The van der Waals surface area contributed by atoms with Crippen LogP contribution in [0.2, 0.25) is 0 Å². The van der Waals surface area contributed by atoms with Gasteiger partial charge in [0.2, 0.25) is 0 Å². The molecule has 3 rings (SSSR count). The van der Waals surface area contributed by atoms with Gasteiger partial charge in [-0.05, 0) is 37.3 Å². The fourth-order valence-electron chi connectivity index (χ4n) is 2.40. The molecule has 4 nitrogen and oxygen atoms in total. The van der Waals surface area contributed by atoms with Crippen molar-refractivity contribution < 1.29 is 4.74 Å². The van der Waals surface area contributed by atoms with Gasteiger partial charge in [-0.2, -0.15) is 0 Å². The van der Waals surface area contributed by atoms with E-state index in [1.165, 1.54) is 41.0 Å². The maximum atomic E-state index is 5.11. The molecule has 0 aliphatic heterocycles. The van der Waals surface area contributed by atoms with Crippen LogP contribution in [-0.4, -0.2) is 28.5 Å². The van der Waals surface area contributed by atoms with Crippen LogP contribution in [0.4, 0.5) is 0 Å². The lowest BCUT2D eigenvalue weighted by atomic mass is 9.99. The summed E-state index contributed by atoms with van der Waals surface area (Å²) in [4.78, 5) is 2.79. The van der Waals surface area contributed by atoms with E-state index in [2.05, 4.69) is 20.8 Å². The van der Waals surface area contributed by atoms with E-state index >= 15 is 0 Å². The van der Waals surface area contributed by atoms with Gasteiger partial charge in [0.1, 0.15) is 6.33 Å². The molecule has 0 radical (unpaired) electrons. The van der Waals surface area contributed by atoms with Crippen molar-refractivity contribution in [1.82, 2.24) is 14.8 Å². The van der Waals surface area contributed by atoms with Crippen LogP contribution >= 0.6 is 11.3 Å². The maximum Gasteiger partial charge on any atom is 0.173 e. The fourth-order valence-corrected chi connectivity index (χ4v) is 3.65. The predicted molar refractivity (Wildman–Crippen MR) is 71.9 cm³/mol. The average molecular weight is 263 g/mol. The van der Waals surface area contributed by atoms with Crippen molar-refractivity contribution in [2.75, 3.05) is 13.7 Å². The van der Waals surface area contributed by atoms with Gasteiger partial charge >= 0.3 is 0 Å². The van der Waals surface area contributed by atoms with Gasteiger partial charge < -0.3 is 9.30 Å². The Morgan fingerprint density at radius 3 is 3.11 bits per heavy atom. The van der Waals surface area contributed by atoms with Gasteiger partial charge in [0, 0.05) is 18.5 Å². The molecule has 2 aromatic heterocycles. The third-order valence-corrected chi connectivity index (χ3v) is 4.60. The molecule has 1 aliphatic carbocycles. The van der Waals surface area contributed by atoms with Gasteiger partial charge in [-0.15, -0.1) is 21.5 Å². The second kappa shape index (κ2) is 5.20. The summed E-state index contributed by atoms with van der Waals surface area (Å²) < 4.78 is 7.18. The van der Waals surface area contributed by atoms with Gasteiger partial charge in [0.05, 0.1) is 11.5 Å². The van der Waals surface area contributed by atoms with Crippen LogP contribution in [0.15, 0.2) is 12.4 Å². The smallest absolute Gasteiger partial charge is 0.173 e. The minimum Gasteiger partial charge on any atom is -0.383 e. The van der Waals surface area contributed by atoms with E-state index in [0.717, 1.165) is 12.4 Å². The van der Waals surface area contributed by atoms with E-state index in [0.29, 0.717) is 6.61 Å². The van der Waals surface area contributed by atoms with E-state index in [1.54, 1.807) is 13.4 Å². The highest BCUT2D eigenvalue weighted by Gasteiger charge is 2.17. The first-order chi connectivity index (χ1) is 8.88. The molecule has 0 bridgehead atoms. The lowest BCUT2D eigenvalue weighted by Crippen LogP contribution is -2.04. The number of fused-ring (bicyclic) bond motifs is 1. The van der Waals surface area contributed by atoms with Crippen LogP contribution in [0, 0.1) is 0 Å². The van der Waals surface area contributed by atoms with E-state index in [-0.39, 0.29) is 0 Å². The zero-order valence-electron chi connectivity index (χ0n) is 10.6. The topological polar surface area (TPSA) is 39.9 Å². The first-order valence-electron chi connectivity index (χ1n) is 6.37. The molecule has 0 N–H and O–H groups in total. The van der Waals surface area contributed by atoms with Gasteiger partial charge in [0.25, 0.3) is 0 Å². The van der Waals surface area contributed by atoms with Crippen LogP contribution in [0.1, 0.15) is 23.3 Å². The Morgan fingerprint density at radius 2 is 2.28 bits per heavy atom. The van der Waals surface area contributed by atoms with E-state index in [1.807, 2.05) is 11.3 Å². The standard InChI is InChI=1S/C13H17N3OS/c1-17-7-6-16-9-14-15-13(16)12-8-10-4-2-3-5-11(10)18-12/h8-9H,2-7H2,1H3. The Hall–Kier alpha value is -1.20. The second-order valence-corrected chi connectivity index (χ2v) is 5.74. The maximum absolute atomic E-state index is 5.11. The normalized spacial score (nSPS) is 14.7. The Morgan fingerprint density at radius 1 is 1.39 bits per heavy atom. The van der Waals surface area contributed by atoms with Crippen LogP contribution in [0.3, 0.4) is 0 Å². The quantitative estimate of drug-likeness (QED) is 0.851. The monoisotopic (exact) mass is 263 g/mol. The zero-order chi connectivity index (χ0) is 12.4. The summed E-state index contributed by atoms with van der Waals surface area (Å²) >= 11 is 1.88. The fraction of sp³-hybridized carbons (Fsp3) is 0.538. The molecule has 0 aromatic carbocycles. The predicted octanol–water partition coefficient (Wildman–Crippen LogP) is 2.53. The molecule has 2 heterocycles. The number of aryl methyl sites for hydroxylation is 2. The van der Waals surface area contributed by atoms with Crippen molar-refractivity contribution in [3.8, 4) is 10.7 Å². The molecular formula is C13H17N3OS. The summed E-state index contributed by atoms with van der Waals surface area (Å²) in [5, 5.41) is 8.27. The third kappa shape index (κ3) is 2.20. The molecule has 0 saturated heterocycles. The Bertz CT molecular complexity index is 509. The highest BCUT2D eigenvalue weighted by molar-refractivity contribution is 7.15. The number of ether oxygens (including phenoxy) is 1. The third-order valence-electron chi connectivity index (χ3n) is 3.37. The molecule has 0 atom stereocenters. The number of nitrogens with zero attached hydrogens (tertiary/aromatic N) is 3. The van der Waals surface area contributed by atoms with Crippen molar-refractivity contribution in [2.24, 2.45) is 0 Å². The Labute approximate surface area is 111 Å². The summed E-state index contributed by atoms with van der Waals surface area (Å²) in [5.41, 5.74) is 1.52. The second-order valence-electron chi connectivity index (χ2n) is 4.61. The number of hydrogen-bond acceptors (Lipinski definition) is 4. The summed E-state index contributed by atoms with van der Waals surface area (Å²) in [6.45, 7) is 1.50. The number of methoxy groups -OCH3 is 1. The van der Waals surface area contributed by atoms with E-state index in [9.17, 15) is 0 Å². The molecule has 0 saturated carbocycles. The lowest BCUT2D eigenvalue weighted by molar-refractivity contribution is 0.187. The largest absolute Gasteiger partial charge is 0.383 e. The van der Waals surface area contributed by atoms with Gasteiger partial charge in [-0.3, -0.25) is 0 Å². The van der Waals surface area contributed by atoms with Crippen LogP contribution in [0.5, 0.6) is 0 Å². The highest BCUT2D eigenvalue weighted by atomic mass is 32.1. The van der Waals surface area contributed by atoms with Crippen LogP contribution < -0.4 is 0 Å². The molecule has 2 aromatic rings. The first kappa shape index (κ1) is 11.9. The van der Waals surface area contributed by atoms with Crippen molar-refractivity contribution in [2.45, 2.75) is 32.2 Å². The SMILES string of the molecule is COCCn1cnnc1-c1cc2c(s1)CCCC2. The highest BCUT2D eigenvalue weighted by Crippen LogP contribution is 2.34. The van der Waals surface area contributed by atoms with E-state index in [4.69, 9.17) is 4.74 Å². The van der Waals surface area contributed by atoms with Crippen molar-refractivity contribution in [3.05, 3.63) is 22.8 Å². The average Bonchev–Trinajstić information content (AvgIpc) is 3.01. The number of thiophene rings is 1. The molecule has 0 spiro atoms. The number of rotatable bonds is 4. The molecule has 1 aliphatic rings. The lowest BCUT2D eigenvalue weighted by Gasteiger charge is -2.08. The van der Waals surface area contributed by atoms with Gasteiger partial charge in [-0.1, -0.05) is 0 Å².